The van der Waals surface area contributed by atoms with E-state index in [1.54, 1.807) is 48.5 Å². The molecule has 2 heterocycles. The molecule has 2 aromatic heterocycles. The zero-order valence-corrected chi connectivity index (χ0v) is 35.2. The van der Waals surface area contributed by atoms with E-state index in [1.807, 2.05) is 66.7 Å². The number of phenolic OH excluding ortho intramolecular Hbond substituents is 1. The lowest BCUT2D eigenvalue weighted by Gasteiger charge is -2.15. The number of nitrogens with zero attached hydrogens (tertiary/aromatic N) is 2. The Balaban J connectivity index is 0.000000210. The Morgan fingerprint density at radius 2 is 1.03 bits per heavy atom. The van der Waals surface area contributed by atoms with Crippen LogP contribution in [0.15, 0.2) is 121 Å². The van der Waals surface area contributed by atoms with Crippen molar-refractivity contribution in [3.05, 3.63) is 186 Å². The monoisotopic (exact) mass is 878 g/mol. The molecule has 0 saturated carbocycles. The number of aromatic nitrogens is 2. The standard InChI is InChI=1S/C31H24Cl3NO3.C17H14ClNO3/c32-22-11-7-20(8-12-22)18-37-30-16-15-24(34)17-27(30)25-3-1-4-26(25)28-5-2-6-29(35-28)31(36)38-19-21-9-13-23(33)14-10-21;18-10-7-8-16(20)13(9-10)11-3-1-4-12(11)14-5-2-6-15(19-14)17(21)22/h2,5-17H,1,3-4,18-19H2;2,5-9,20H,1,3-4H2,(H,21,22). The van der Waals surface area contributed by atoms with Gasteiger partial charge in [0.05, 0.1) is 11.4 Å². The van der Waals surface area contributed by atoms with E-state index in [0.29, 0.717) is 38.0 Å². The Hall–Kier alpha value is -5.64. The molecule has 12 heteroatoms. The van der Waals surface area contributed by atoms with Crippen LogP contribution in [0.3, 0.4) is 0 Å². The van der Waals surface area contributed by atoms with E-state index in [0.717, 1.165) is 89.0 Å². The van der Waals surface area contributed by atoms with E-state index in [2.05, 4.69) is 9.97 Å². The van der Waals surface area contributed by atoms with Crippen molar-refractivity contribution in [3.8, 4) is 11.5 Å². The van der Waals surface area contributed by atoms with E-state index >= 15 is 0 Å². The number of aromatic carboxylic acids is 1. The number of allylic oxidation sites excluding steroid dienone is 4. The van der Waals surface area contributed by atoms with E-state index in [4.69, 9.17) is 61.0 Å². The molecule has 2 aliphatic carbocycles. The fraction of sp³-hybridized carbons (Fsp3) is 0.167. The molecule has 304 valence electrons. The van der Waals surface area contributed by atoms with Crippen LogP contribution in [0.4, 0.5) is 0 Å². The normalized spacial score (nSPS) is 13.5. The molecular formula is C48H38Cl4N2O6. The summed E-state index contributed by atoms with van der Waals surface area (Å²) in [4.78, 5) is 32.7. The number of esters is 1. The van der Waals surface area contributed by atoms with Gasteiger partial charge in [-0.3, -0.25) is 0 Å². The average molecular weight is 881 g/mol. The number of aromatic hydroxyl groups is 1. The van der Waals surface area contributed by atoms with Crippen LogP contribution in [0.1, 0.15) is 93.1 Å². The molecule has 8 nitrogen and oxygen atoms in total. The molecule has 0 bridgehead atoms. The minimum Gasteiger partial charge on any atom is -0.507 e. The molecule has 60 heavy (non-hydrogen) atoms. The highest BCUT2D eigenvalue weighted by Gasteiger charge is 2.24. The van der Waals surface area contributed by atoms with Crippen LogP contribution in [-0.2, 0) is 18.0 Å². The summed E-state index contributed by atoms with van der Waals surface area (Å²) in [5.41, 5.74) is 9.35. The second-order valence-corrected chi connectivity index (χ2v) is 15.9. The molecule has 2 N–H and O–H groups in total. The van der Waals surface area contributed by atoms with Gasteiger partial charge in [-0.2, -0.15) is 0 Å². The highest BCUT2D eigenvalue weighted by Crippen LogP contribution is 2.44. The van der Waals surface area contributed by atoms with Gasteiger partial charge >= 0.3 is 11.9 Å². The third-order valence-corrected chi connectivity index (χ3v) is 11.1. The maximum absolute atomic E-state index is 12.8. The van der Waals surface area contributed by atoms with Crippen LogP contribution in [0.5, 0.6) is 11.5 Å². The Kier molecular flexibility index (Phi) is 13.9. The molecule has 6 aromatic rings. The fourth-order valence-electron chi connectivity index (χ4n) is 7.24. The third-order valence-electron chi connectivity index (χ3n) is 10.1. The van der Waals surface area contributed by atoms with E-state index in [1.165, 1.54) is 6.07 Å². The molecule has 8 rings (SSSR count). The summed E-state index contributed by atoms with van der Waals surface area (Å²) in [6.45, 7) is 0.550. The van der Waals surface area contributed by atoms with Crippen LogP contribution < -0.4 is 4.74 Å². The summed E-state index contributed by atoms with van der Waals surface area (Å²) in [5.74, 6) is -0.602. The lowest BCUT2D eigenvalue weighted by molar-refractivity contribution is 0.0465. The number of pyridine rings is 2. The number of hydrogen-bond donors (Lipinski definition) is 2. The van der Waals surface area contributed by atoms with Gasteiger partial charge in [0.1, 0.15) is 36.1 Å². The predicted octanol–water partition coefficient (Wildman–Crippen LogP) is 13.3. The van der Waals surface area contributed by atoms with Gasteiger partial charge in [0.15, 0.2) is 0 Å². The van der Waals surface area contributed by atoms with Crippen molar-refractivity contribution >= 4 is 80.6 Å². The summed E-state index contributed by atoms with van der Waals surface area (Å²) < 4.78 is 11.7. The Bertz CT molecular complexity index is 2610. The number of phenols is 1. The first-order valence-electron chi connectivity index (χ1n) is 19.2. The molecule has 0 unspecified atom stereocenters. The van der Waals surface area contributed by atoms with Gasteiger partial charge in [-0.05, 0) is 157 Å². The SMILES string of the molecule is O=C(O)c1cccc(C2=C(c3cc(Cl)ccc3O)CCC2)n1.O=C(OCc1ccc(Cl)cc1)c1cccc(C2=C(c3cc(Cl)ccc3OCc3ccc(Cl)cc3)CCC2)n1. The van der Waals surface area contributed by atoms with Gasteiger partial charge in [-0.15, -0.1) is 0 Å². The summed E-state index contributed by atoms with van der Waals surface area (Å²) >= 11 is 24.4. The topological polar surface area (TPSA) is 119 Å². The number of ether oxygens (including phenoxy) is 2. The zero-order chi connectivity index (χ0) is 42.2. The van der Waals surface area contributed by atoms with Crippen molar-refractivity contribution in [1.82, 2.24) is 9.97 Å². The van der Waals surface area contributed by atoms with Crippen molar-refractivity contribution in [2.24, 2.45) is 0 Å². The molecule has 0 atom stereocenters. The Morgan fingerprint density at radius 3 is 1.63 bits per heavy atom. The van der Waals surface area contributed by atoms with E-state index < -0.39 is 11.9 Å². The quantitative estimate of drug-likeness (QED) is 0.124. The summed E-state index contributed by atoms with van der Waals surface area (Å²) in [7, 11) is 0. The van der Waals surface area contributed by atoms with Gasteiger partial charge in [-0.25, -0.2) is 19.6 Å². The number of hydrogen-bond acceptors (Lipinski definition) is 7. The molecule has 0 spiro atoms. The third kappa shape index (κ3) is 10.6. The zero-order valence-electron chi connectivity index (χ0n) is 32.1. The van der Waals surface area contributed by atoms with Gasteiger partial charge in [0, 0.05) is 31.2 Å². The number of rotatable bonds is 11. The largest absolute Gasteiger partial charge is 0.507 e. The molecular weight excluding hydrogens is 842 g/mol. The summed E-state index contributed by atoms with van der Waals surface area (Å²) in [5, 5.41) is 21.7. The minimum absolute atomic E-state index is 0.0200. The maximum atomic E-state index is 12.8. The molecule has 0 saturated heterocycles. The molecule has 0 radical (unpaired) electrons. The highest BCUT2D eigenvalue weighted by molar-refractivity contribution is 6.31. The maximum Gasteiger partial charge on any atom is 0.357 e. The molecule has 4 aromatic carbocycles. The smallest absolute Gasteiger partial charge is 0.357 e. The fourth-order valence-corrected chi connectivity index (χ4v) is 7.84. The molecule has 0 amide bonds. The van der Waals surface area contributed by atoms with E-state index in [-0.39, 0.29) is 23.7 Å². The van der Waals surface area contributed by atoms with Crippen LogP contribution in [0.25, 0.3) is 22.3 Å². The van der Waals surface area contributed by atoms with Crippen molar-refractivity contribution < 1.29 is 29.3 Å². The predicted molar refractivity (Wildman–Crippen MR) is 238 cm³/mol. The number of benzene rings is 4. The first kappa shape index (κ1) is 42.5. The van der Waals surface area contributed by atoms with Crippen molar-refractivity contribution in [2.45, 2.75) is 51.7 Å². The van der Waals surface area contributed by atoms with Crippen LogP contribution in [-0.4, -0.2) is 32.1 Å². The number of carbonyl (C=O) groups is 2. The lowest BCUT2D eigenvalue weighted by atomic mass is 9.99. The van der Waals surface area contributed by atoms with Gasteiger partial charge < -0.3 is 19.7 Å². The number of carboxylic acids is 1. The average Bonchev–Trinajstić information content (AvgIpc) is 3.96. The summed E-state index contributed by atoms with van der Waals surface area (Å²) in [6, 6.07) is 35.8. The number of halogens is 4. The van der Waals surface area contributed by atoms with Gasteiger partial charge in [-0.1, -0.05) is 82.8 Å². The minimum atomic E-state index is -1.05. The number of carbonyl (C=O) groups excluding carboxylic acids is 1. The highest BCUT2D eigenvalue weighted by atomic mass is 35.5. The van der Waals surface area contributed by atoms with Crippen LogP contribution in [0.2, 0.25) is 20.1 Å². The Labute approximate surface area is 367 Å². The van der Waals surface area contributed by atoms with Gasteiger partial charge in [0.25, 0.3) is 0 Å². The first-order valence-corrected chi connectivity index (χ1v) is 20.7. The second-order valence-electron chi connectivity index (χ2n) is 14.2. The van der Waals surface area contributed by atoms with Crippen molar-refractivity contribution in [1.29, 1.82) is 0 Å². The number of carboxylic acid groups (broad SMARTS) is 1. The summed E-state index contributed by atoms with van der Waals surface area (Å²) in [6.07, 6.45) is 5.23. The van der Waals surface area contributed by atoms with Crippen LogP contribution >= 0.6 is 46.4 Å². The van der Waals surface area contributed by atoms with Crippen LogP contribution in [0, 0.1) is 0 Å². The lowest BCUT2D eigenvalue weighted by Crippen LogP contribution is -2.08. The Morgan fingerprint density at radius 1 is 0.550 bits per heavy atom. The first-order chi connectivity index (χ1) is 29.0. The van der Waals surface area contributed by atoms with Crippen molar-refractivity contribution in [3.63, 3.8) is 0 Å². The molecule has 0 aliphatic heterocycles. The molecule has 2 aliphatic rings. The van der Waals surface area contributed by atoms with E-state index in [9.17, 15) is 14.7 Å². The molecule has 0 fully saturated rings. The van der Waals surface area contributed by atoms with Gasteiger partial charge in [0.2, 0.25) is 0 Å². The van der Waals surface area contributed by atoms with Crippen molar-refractivity contribution in [2.75, 3.05) is 0 Å². The second kappa shape index (κ2) is 19.6.